The molecule has 1 aromatic rings. The fourth-order valence-electron chi connectivity index (χ4n) is 4.59. The number of aliphatic hydroxyl groups excluding tert-OH is 2. The summed E-state index contributed by atoms with van der Waals surface area (Å²) < 4.78 is 13.7. The van der Waals surface area contributed by atoms with Crippen LogP contribution in [0.2, 0.25) is 0 Å². The van der Waals surface area contributed by atoms with Gasteiger partial charge in [0.15, 0.2) is 23.1 Å². The molecule has 0 radical (unpaired) electrons. The van der Waals surface area contributed by atoms with Gasteiger partial charge in [-0.1, -0.05) is 6.07 Å². The number of benzene rings is 1. The van der Waals surface area contributed by atoms with Gasteiger partial charge in [-0.25, -0.2) is 4.39 Å². The number of Topliss-reactive ketones (excluding diaryl/α,β-unsaturated/α-hetero) is 2. The summed E-state index contributed by atoms with van der Waals surface area (Å²) in [5, 5.41) is 31.0. The third-order valence-electron chi connectivity index (χ3n) is 5.71. The highest BCUT2D eigenvalue weighted by Crippen LogP contribution is 2.50. The quantitative estimate of drug-likeness (QED) is 0.476. The van der Waals surface area contributed by atoms with E-state index in [4.69, 9.17) is 5.73 Å². The largest absolute Gasteiger partial charge is 0.511 e. The molecule has 9 nitrogen and oxygen atoms in total. The number of phenolic OH excluding ortho intramolecular Hbond substituents is 1. The van der Waals surface area contributed by atoms with Crippen molar-refractivity contribution in [2.75, 3.05) is 0 Å². The Kier molecular flexibility index (Phi) is 5.55. The summed E-state index contributed by atoms with van der Waals surface area (Å²) in [6.45, 7) is 0. The SMILES string of the molecule is NC(=O)C1=C(O)C2C(=O)C3=C(O)c4c(ccc(F)c4O)CC3CC2CC1=O.O.O.[HH].[HH]. The highest BCUT2D eigenvalue weighted by Gasteiger charge is 2.50. The number of aliphatic hydroxyl groups is 2. The molecule has 0 saturated heterocycles. The Morgan fingerprint density at radius 2 is 1.79 bits per heavy atom. The average molecular weight is 413 g/mol. The lowest BCUT2D eigenvalue weighted by atomic mass is 9.61. The summed E-state index contributed by atoms with van der Waals surface area (Å²) in [6.07, 6.45) is 0.485. The summed E-state index contributed by atoms with van der Waals surface area (Å²) in [7, 11) is 0. The molecule has 29 heavy (non-hydrogen) atoms. The number of carbonyl (C=O) groups is 3. The van der Waals surface area contributed by atoms with Gasteiger partial charge in [0.1, 0.15) is 17.1 Å². The molecule has 10 heteroatoms. The van der Waals surface area contributed by atoms with Crippen LogP contribution in [0.3, 0.4) is 0 Å². The zero-order chi connectivity index (χ0) is 19.6. The number of rotatable bonds is 1. The highest BCUT2D eigenvalue weighted by molar-refractivity contribution is 6.21. The number of phenols is 1. The van der Waals surface area contributed by atoms with Gasteiger partial charge in [-0.2, -0.15) is 0 Å². The van der Waals surface area contributed by atoms with Crippen LogP contribution in [0.4, 0.5) is 4.39 Å². The predicted octanol–water partition coefficient (Wildman–Crippen LogP) is 0.291. The molecule has 4 rings (SSSR count). The highest BCUT2D eigenvalue weighted by atomic mass is 19.1. The van der Waals surface area contributed by atoms with Gasteiger partial charge < -0.3 is 32.0 Å². The van der Waals surface area contributed by atoms with Gasteiger partial charge in [0.25, 0.3) is 5.91 Å². The summed E-state index contributed by atoms with van der Waals surface area (Å²) in [5.74, 6) is -7.39. The van der Waals surface area contributed by atoms with Gasteiger partial charge in [0, 0.05) is 14.8 Å². The van der Waals surface area contributed by atoms with Crippen molar-refractivity contribution in [1.29, 1.82) is 0 Å². The second kappa shape index (κ2) is 7.30. The van der Waals surface area contributed by atoms with Crippen molar-refractivity contribution >= 4 is 23.2 Å². The van der Waals surface area contributed by atoms with Crippen LogP contribution in [0.25, 0.3) is 5.76 Å². The van der Waals surface area contributed by atoms with Crippen LogP contribution in [-0.4, -0.2) is 43.7 Å². The number of ketones is 2. The van der Waals surface area contributed by atoms with E-state index in [0.717, 1.165) is 6.07 Å². The van der Waals surface area contributed by atoms with E-state index in [1.807, 2.05) is 0 Å². The Hall–Kier alpha value is -3.24. The number of amides is 1. The predicted molar refractivity (Wildman–Crippen MR) is 101 cm³/mol. The molecule has 3 unspecified atom stereocenters. The number of allylic oxidation sites excluding steroid dienone is 2. The normalized spacial score (nSPS) is 25.3. The van der Waals surface area contributed by atoms with Crippen LogP contribution in [0.1, 0.15) is 26.8 Å². The maximum absolute atomic E-state index is 13.7. The monoisotopic (exact) mass is 413 g/mol. The summed E-state index contributed by atoms with van der Waals surface area (Å²) in [5.41, 5.74) is 4.88. The first-order chi connectivity index (χ1) is 12.7. The molecule has 0 heterocycles. The third kappa shape index (κ3) is 2.97. The Balaban J connectivity index is 0.00000225. The summed E-state index contributed by atoms with van der Waals surface area (Å²) in [6, 6.07) is 2.51. The van der Waals surface area contributed by atoms with Crippen LogP contribution in [-0.2, 0) is 20.8 Å². The number of fused-ring (bicyclic) bond motifs is 3. The molecule has 1 fully saturated rings. The lowest BCUT2D eigenvalue weighted by molar-refractivity contribution is -0.127. The van der Waals surface area contributed by atoms with Crippen molar-refractivity contribution in [1.82, 2.24) is 0 Å². The van der Waals surface area contributed by atoms with E-state index in [2.05, 4.69) is 0 Å². The van der Waals surface area contributed by atoms with Crippen molar-refractivity contribution in [3.8, 4) is 5.75 Å². The summed E-state index contributed by atoms with van der Waals surface area (Å²) in [4.78, 5) is 36.7. The first kappa shape index (κ1) is 22.1. The molecule has 0 aromatic heterocycles. The smallest absolute Gasteiger partial charge is 0.255 e. The molecule has 0 bridgehead atoms. The Morgan fingerprint density at radius 3 is 2.41 bits per heavy atom. The van der Waals surface area contributed by atoms with Gasteiger partial charge in [0.2, 0.25) is 0 Å². The molecule has 3 aliphatic rings. The van der Waals surface area contributed by atoms with Crippen molar-refractivity contribution in [3.05, 3.63) is 46.0 Å². The first-order valence-electron chi connectivity index (χ1n) is 8.46. The van der Waals surface area contributed by atoms with Crippen LogP contribution < -0.4 is 5.73 Å². The third-order valence-corrected chi connectivity index (χ3v) is 5.71. The van der Waals surface area contributed by atoms with E-state index in [9.17, 15) is 34.1 Å². The van der Waals surface area contributed by atoms with E-state index < -0.39 is 63.9 Å². The van der Waals surface area contributed by atoms with E-state index in [1.54, 1.807) is 0 Å². The number of carbonyl (C=O) groups excluding carboxylic acids is 3. The molecule has 3 aliphatic carbocycles. The van der Waals surface area contributed by atoms with Crippen molar-refractivity contribution in [2.45, 2.75) is 19.3 Å². The van der Waals surface area contributed by atoms with Crippen LogP contribution >= 0.6 is 0 Å². The minimum absolute atomic E-state index is 0. The Labute approximate surface area is 166 Å². The number of nitrogens with two attached hydrogens (primary N) is 1. The van der Waals surface area contributed by atoms with Gasteiger partial charge in [-0.05, 0) is 36.3 Å². The lowest BCUT2D eigenvalue weighted by Crippen LogP contribution is -2.44. The molecule has 0 aliphatic heterocycles. The van der Waals surface area contributed by atoms with Crippen molar-refractivity contribution in [2.24, 2.45) is 23.5 Å². The van der Waals surface area contributed by atoms with Crippen molar-refractivity contribution < 1.29 is 47.9 Å². The topological polar surface area (TPSA) is 201 Å². The molecule has 1 aromatic carbocycles. The van der Waals surface area contributed by atoms with Crippen LogP contribution in [0, 0.1) is 23.6 Å². The number of hydrogen-bond donors (Lipinski definition) is 4. The Bertz CT molecular complexity index is 1010. The number of hydrogen-bond acceptors (Lipinski definition) is 6. The molecule has 0 spiro atoms. The fourth-order valence-corrected chi connectivity index (χ4v) is 4.59. The standard InChI is InChI=1S/C19H16FNO6.2H2O.2H2/c20-9-2-1-6-3-7-4-8-5-10(22)14(19(21)27)18(26)13(8)17(25)12(7)16(24)11(6)15(9)23;;;;/h1-2,7-8,13,23-24,26H,3-5H2,(H2,21,27);2*1H2;2*1H. The summed E-state index contributed by atoms with van der Waals surface area (Å²) >= 11 is 0. The van der Waals surface area contributed by atoms with E-state index in [0.29, 0.717) is 12.0 Å². The molecule has 1 saturated carbocycles. The second-order valence-corrected chi connectivity index (χ2v) is 7.18. The van der Waals surface area contributed by atoms with Crippen LogP contribution in [0.15, 0.2) is 29.0 Å². The van der Waals surface area contributed by atoms with Gasteiger partial charge in [-0.15, -0.1) is 0 Å². The van der Waals surface area contributed by atoms with Gasteiger partial charge in [0.05, 0.1) is 11.5 Å². The first-order valence-corrected chi connectivity index (χ1v) is 8.46. The fraction of sp³-hybridized carbons (Fsp3) is 0.316. The number of primary amides is 1. The molecule has 9 N–H and O–H groups in total. The van der Waals surface area contributed by atoms with Crippen LogP contribution in [0.5, 0.6) is 5.75 Å². The zero-order valence-corrected chi connectivity index (χ0v) is 15.0. The maximum atomic E-state index is 13.7. The van der Waals surface area contributed by atoms with E-state index >= 15 is 0 Å². The molecular weight excluding hydrogens is 389 g/mol. The Morgan fingerprint density at radius 1 is 1.14 bits per heavy atom. The van der Waals surface area contributed by atoms with Crippen molar-refractivity contribution in [3.63, 3.8) is 0 Å². The van der Waals surface area contributed by atoms with E-state index in [-0.39, 0.29) is 37.8 Å². The zero-order valence-electron chi connectivity index (χ0n) is 15.0. The second-order valence-electron chi connectivity index (χ2n) is 7.18. The maximum Gasteiger partial charge on any atom is 0.255 e. The molecule has 1 amide bonds. The average Bonchev–Trinajstić information content (AvgIpc) is 2.57. The minimum Gasteiger partial charge on any atom is -0.511 e. The van der Waals surface area contributed by atoms with Gasteiger partial charge >= 0.3 is 0 Å². The van der Waals surface area contributed by atoms with Gasteiger partial charge in [-0.3, -0.25) is 14.4 Å². The number of aromatic hydroxyl groups is 1. The molecule has 3 atom stereocenters. The molecular formula is C19H24FNO8. The van der Waals surface area contributed by atoms with E-state index in [1.165, 1.54) is 6.07 Å². The number of halogens is 1. The minimum atomic E-state index is -1.17. The molecule has 160 valence electrons. The lowest BCUT2D eigenvalue weighted by Gasteiger charge is -2.41.